The molecule has 1 aromatic heterocycles. The molecule has 1 aliphatic carbocycles. The molecule has 1 heterocycles. The van der Waals surface area contributed by atoms with Crippen LogP contribution in [0.25, 0.3) is 111 Å². The Labute approximate surface area is 354 Å². The second-order valence-electron chi connectivity index (χ2n) is 16.7. The lowest BCUT2D eigenvalue weighted by molar-refractivity contribution is 0.660. The summed E-state index contributed by atoms with van der Waals surface area (Å²) >= 11 is 0. The van der Waals surface area contributed by atoms with Gasteiger partial charge in [-0.2, -0.15) is 0 Å². The molecule has 12 rings (SSSR count). The molecule has 3 nitrogen and oxygen atoms in total. The maximum Gasteiger partial charge on any atom is 0.164 e. The standard InChI is InChI=1S/C58H39N3/c1-58(2)52-27-15-14-25-45(52)51-35-39(29-33-53(51)58)55-59-56(48-26-13-10-20-40(48)36-16-4-3-5-17-36)61-57(60-55)49-32-31-46(43-23-11-12-24-44(43)49)54-42-22-9-7-19-38(42)34-50-41-21-8-6-18-37(41)28-30-47(50)54/h3-35H,1-2H3. The summed E-state index contributed by atoms with van der Waals surface area (Å²) in [6, 6.07) is 72.1. The molecule has 0 saturated carbocycles. The SMILES string of the molecule is CC1(C)c2ccccc2-c2cc(-c3nc(-c4ccccc4-c4ccccc4)nc(-c4ccc(-c5c6ccccc6cc6c5ccc5ccccc56)c5ccccc45)n3)ccc21. The molecule has 286 valence electrons. The lowest BCUT2D eigenvalue weighted by Gasteiger charge is -2.21. The molecular weight excluding hydrogens is 739 g/mol. The van der Waals surface area contributed by atoms with Crippen molar-refractivity contribution in [2.24, 2.45) is 0 Å². The van der Waals surface area contributed by atoms with Gasteiger partial charge in [0, 0.05) is 22.1 Å². The fourth-order valence-corrected chi connectivity index (χ4v) is 9.98. The van der Waals surface area contributed by atoms with Crippen molar-refractivity contribution in [2.45, 2.75) is 19.3 Å². The van der Waals surface area contributed by atoms with E-state index in [9.17, 15) is 0 Å². The quantitative estimate of drug-likeness (QED) is 0.129. The monoisotopic (exact) mass is 777 g/mol. The van der Waals surface area contributed by atoms with Crippen LogP contribution < -0.4 is 0 Å². The molecule has 3 heteroatoms. The van der Waals surface area contributed by atoms with Gasteiger partial charge in [-0.15, -0.1) is 0 Å². The summed E-state index contributed by atoms with van der Waals surface area (Å²) in [4.78, 5) is 16.1. The van der Waals surface area contributed by atoms with Gasteiger partial charge in [-0.3, -0.25) is 0 Å². The highest BCUT2D eigenvalue weighted by Gasteiger charge is 2.35. The number of aromatic nitrogens is 3. The maximum atomic E-state index is 5.38. The van der Waals surface area contributed by atoms with Crippen LogP contribution >= 0.6 is 0 Å². The van der Waals surface area contributed by atoms with Gasteiger partial charge in [0.1, 0.15) is 0 Å². The smallest absolute Gasteiger partial charge is 0.164 e. The molecule has 11 aromatic rings. The summed E-state index contributed by atoms with van der Waals surface area (Å²) in [5.74, 6) is 1.93. The first-order chi connectivity index (χ1) is 30.0. The van der Waals surface area contributed by atoms with Gasteiger partial charge in [-0.25, -0.2) is 15.0 Å². The van der Waals surface area contributed by atoms with E-state index in [2.05, 4.69) is 214 Å². The van der Waals surface area contributed by atoms with Crippen molar-refractivity contribution >= 4 is 43.1 Å². The highest BCUT2D eigenvalue weighted by atomic mass is 15.0. The molecule has 0 saturated heterocycles. The number of hydrogen-bond donors (Lipinski definition) is 0. The van der Waals surface area contributed by atoms with Gasteiger partial charge < -0.3 is 0 Å². The molecule has 0 aliphatic heterocycles. The van der Waals surface area contributed by atoms with E-state index in [1.807, 2.05) is 0 Å². The summed E-state index contributed by atoms with van der Waals surface area (Å²) in [6.45, 7) is 4.63. The fraction of sp³-hybridized carbons (Fsp3) is 0.0517. The van der Waals surface area contributed by atoms with Crippen LogP contribution in [-0.4, -0.2) is 15.0 Å². The zero-order valence-electron chi connectivity index (χ0n) is 33.9. The minimum absolute atomic E-state index is 0.0995. The van der Waals surface area contributed by atoms with Gasteiger partial charge in [0.05, 0.1) is 0 Å². The van der Waals surface area contributed by atoms with E-state index < -0.39 is 0 Å². The van der Waals surface area contributed by atoms with Crippen LogP contribution in [0.3, 0.4) is 0 Å². The third-order valence-corrected chi connectivity index (χ3v) is 12.9. The molecule has 0 fully saturated rings. The fourth-order valence-electron chi connectivity index (χ4n) is 9.98. The molecule has 1 aliphatic rings. The van der Waals surface area contributed by atoms with Crippen molar-refractivity contribution in [1.82, 2.24) is 15.0 Å². The van der Waals surface area contributed by atoms with Gasteiger partial charge in [0.15, 0.2) is 17.5 Å². The Bertz CT molecular complexity index is 3570. The van der Waals surface area contributed by atoms with Crippen LogP contribution in [-0.2, 0) is 5.41 Å². The number of fused-ring (bicyclic) bond motifs is 8. The summed E-state index contributed by atoms with van der Waals surface area (Å²) in [5.41, 5.74) is 12.5. The topological polar surface area (TPSA) is 38.7 Å². The van der Waals surface area contributed by atoms with Crippen LogP contribution in [0.5, 0.6) is 0 Å². The molecule has 0 radical (unpaired) electrons. The Hall–Kier alpha value is -7.75. The van der Waals surface area contributed by atoms with E-state index in [0.29, 0.717) is 17.5 Å². The number of nitrogens with zero attached hydrogens (tertiary/aromatic N) is 3. The molecule has 0 bridgehead atoms. The Morgan fingerprint density at radius 3 is 1.67 bits per heavy atom. The first-order valence-electron chi connectivity index (χ1n) is 21.0. The van der Waals surface area contributed by atoms with E-state index in [4.69, 9.17) is 15.0 Å². The highest BCUT2D eigenvalue weighted by Crippen LogP contribution is 2.50. The third-order valence-electron chi connectivity index (χ3n) is 12.9. The lowest BCUT2D eigenvalue weighted by Crippen LogP contribution is -2.14. The van der Waals surface area contributed by atoms with E-state index >= 15 is 0 Å². The summed E-state index contributed by atoms with van der Waals surface area (Å²) in [6.07, 6.45) is 0. The Morgan fingerprint density at radius 2 is 0.869 bits per heavy atom. The van der Waals surface area contributed by atoms with Crippen molar-refractivity contribution < 1.29 is 0 Å². The maximum absolute atomic E-state index is 5.38. The Kier molecular flexibility index (Phi) is 7.88. The molecule has 61 heavy (non-hydrogen) atoms. The Morgan fingerprint density at radius 1 is 0.295 bits per heavy atom. The van der Waals surface area contributed by atoms with Gasteiger partial charge >= 0.3 is 0 Å². The zero-order chi connectivity index (χ0) is 40.7. The van der Waals surface area contributed by atoms with E-state index in [1.54, 1.807) is 0 Å². The van der Waals surface area contributed by atoms with Crippen molar-refractivity contribution in [2.75, 3.05) is 0 Å². The molecule has 0 spiro atoms. The molecule has 0 amide bonds. The van der Waals surface area contributed by atoms with Gasteiger partial charge in [-0.05, 0) is 106 Å². The lowest BCUT2D eigenvalue weighted by atomic mass is 9.82. The summed E-state index contributed by atoms with van der Waals surface area (Å²) < 4.78 is 0. The molecule has 0 atom stereocenters. The largest absolute Gasteiger partial charge is 0.208 e. The minimum atomic E-state index is -0.0995. The molecule has 0 N–H and O–H groups in total. The van der Waals surface area contributed by atoms with E-state index in [1.165, 1.54) is 65.7 Å². The van der Waals surface area contributed by atoms with Gasteiger partial charge in [0.2, 0.25) is 0 Å². The molecular formula is C58H39N3. The number of benzene rings is 10. The second kappa shape index (κ2) is 13.7. The van der Waals surface area contributed by atoms with Crippen LogP contribution in [0.2, 0.25) is 0 Å². The highest BCUT2D eigenvalue weighted by molar-refractivity contribution is 6.23. The van der Waals surface area contributed by atoms with Crippen molar-refractivity contribution in [3.63, 3.8) is 0 Å². The van der Waals surface area contributed by atoms with Crippen LogP contribution in [0.4, 0.5) is 0 Å². The molecule has 0 unspecified atom stereocenters. The first-order valence-corrected chi connectivity index (χ1v) is 21.0. The third kappa shape index (κ3) is 5.55. The normalized spacial score (nSPS) is 12.9. The Balaban J connectivity index is 1.11. The average molecular weight is 778 g/mol. The van der Waals surface area contributed by atoms with E-state index in [-0.39, 0.29) is 5.41 Å². The predicted octanol–water partition coefficient (Wildman–Crippen LogP) is 15.1. The van der Waals surface area contributed by atoms with Crippen LogP contribution in [0.15, 0.2) is 200 Å². The average Bonchev–Trinajstić information content (AvgIpc) is 3.55. The molecule has 10 aromatic carbocycles. The van der Waals surface area contributed by atoms with E-state index in [0.717, 1.165) is 38.6 Å². The minimum Gasteiger partial charge on any atom is -0.208 e. The first kappa shape index (κ1) is 35.2. The zero-order valence-corrected chi connectivity index (χ0v) is 33.9. The van der Waals surface area contributed by atoms with Gasteiger partial charge in [-0.1, -0.05) is 196 Å². The predicted molar refractivity (Wildman–Crippen MR) is 255 cm³/mol. The summed E-state index contributed by atoms with van der Waals surface area (Å²) in [5, 5.41) is 9.67. The second-order valence-corrected chi connectivity index (χ2v) is 16.7. The van der Waals surface area contributed by atoms with Crippen LogP contribution in [0.1, 0.15) is 25.0 Å². The van der Waals surface area contributed by atoms with Crippen LogP contribution in [0, 0.1) is 0 Å². The van der Waals surface area contributed by atoms with Crippen molar-refractivity contribution in [3.8, 4) is 67.5 Å². The van der Waals surface area contributed by atoms with Crippen molar-refractivity contribution in [3.05, 3.63) is 211 Å². The van der Waals surface area contributed by atoms with Gasteiger partial charge in [0.25, 0.3) is 0 Å². The van der Waals surface area contributed by atoms with Crippen molar-refractivity contribution in [1.29, 1.82) is 0 Å². The number of hydrogen-bond acceptors (Lipinski definition) is 3. The number of rotatable bonds is 5. The summed E-state index contributed by atoms with van der Waals surface area (Å²) in [7, 11) is 0.